The van der Waals surface area contributed by atoms with Gasteiger partial charge in [0, 0.05) is 19.2 Å². The summed E-state index contributed by atoms with van der Waals surface area (Å²) < 4.78 is 5.26. The summed E-state index contributed by atoms with van der Waals surface area (Å²) in [6.07, 6.45) is 1.97. The molecule has 94 valence electrons. The number of hydrogen-bond donors (Lipinski definition) is 1. The standard InChI is InChI=1S/C14H15NO3/c1-3-8-15(2)14(17)18-13-9-12(16)10-6-4-5-7-11(10)13/h3-7,9,12,16H,1,8H2,2H3. The first kappa shape index (κ1) is 12.4. The number of hydrogen-bond acceptors (Lipinski definition) is 3. The van der Waals surface area contributed by atoms with Crippen LogP contribution in [-0.4, -0.2) is 29.7 Å². The van der Waals surface area contributed by atoms with Crippen LogP contribution in [0.4, 0.5) is 4.79 Å². The molecular weight excluding hydrogens is 230 g/mol. The van der Waals surface area contributed by atoms with Crippen LogP contribution < -0.4 is 0 Å². The van der Waals surface area contributed by atoms with Gasteiger partial charge >= 0.3 is 6.09 Å². The fourth-order valence-electron chi connectivity index (χ4n) is 1.83. The number of fused-ring (bicyclic) bond motifs is 1. The van der Waals surface area contributed by atoms with Crippen LogP contribution in [0.15, 0.2) is 43.0 Å². The highest BCUT2D eigenvalue weighted by molar-refractivity contribution is 5.80. The quantitative estimate of drug-likeness (QED) is 0.831. The van der Waals surface area contributed by atoms with Crippen molar-refractivity contribution in [1.29, 1.82) is 0 Å². The van der Waals surface area contributed by atoms with Gasteiger partial charge in [-0.05, 0) is 11.6 Å². The third-order valence-electron chi connectivity index (χ3n) is 2.77. The van der Waals surface area contributed by atoms with E-state index >= 15 is 0 Å². The van der Waals surface area contributed by atoms with E-state index in [2.05, 4.69) is 6.58 Å². The summed E-state index contributed by atoms with van der Waals surface area (Å²) in [4.78, 5) is 13.1. The number of ether oxygens (including phenoxy) is 1. The summed E-state index contributed by atoms with van der Waals surface area (Å²) in [7, 11) is 1.63. The van der Waals surface area contributed by atoms with Crippen LogP contribution in [0.5, 0.6) is 0 Å². The van der Waals surface area contributed by atoms with Gasteiger partial charge in [-0.2, -0.15) is 0 Å². The molecule has 1 aliphatic rings. The van der Waals surface area contributed by atoms with Gasteiger partial charge in [0.05, 0.1) is 0 Å². The predicted octanol–water partition coefficient (Wildman–Crippen LogP) is 2.33. The lowest BCUT2D eigenvalue weighted by Gasteiger charge is -2.15. The SMILES string of the molecule is C=CCN(C)C(=O)OC1=CC(O)c2ccccc21. The van der Waals surface area contributed by atoms with E-state index in [1.807, 2.05) is 24.3 Å². The third kappa shape index (κ3) is 2.28. The number of aliphatic hydroxyl groups excluding tert-OH is 1. The summed E-state index contributed by atoms with van der Waals surface area (Å²) >= 11 is 0. The lowest BCUT2D eigenvalue weighted by molar-refractivity contribution is 0.158. The van der Waals surface area contributed by atoms with Crippen molar-refractivity contribution in [3.05, 3.63) is 54.1 Å². The fourth-order valence-corrected chi connectivity index (χ4v) is 1.83. The first-order chi connectivity index (χ1) is 8.63. The highest BCUT2D eigenvalue weighted by Gasteiger charge is 2.24. The van der Waals surface area contributed by atoms with E-state index in [-0.39, 0.29) is 0 Å². The summed E-state index contributed by atoms with van der Waals surface area (Å²) in [5, 5.41) is 9.81. The molecule has 1 unspecified atom stereocenters. The van der Waals surface area contributed by atoms with Gasteiger partial charge in [-0.1, -0.05) is 30.3 Å². The lowest BCUT2D eigenvalue weighted by Crippen LogP contribution is -2.26. The van der Waals surface area contributed by atoms with Gasteiger partial charge in [-0.3, -0.25) is 0 Å². The summed E-state index contributed by atoms with van der Waals surface area (Å²) in [5.41, 5.74) is 1.51. The molecule has 0 radical (unpaired) electrons. The molecule has 0 fully saturated rings. The molecule has 18 heavy (non-hydrogen) atoms. The van der Waals surface area contributed by atoms with Crippen LogP contribution in [0, 0.1) is 0 Å². The molecule has 1 atom stereocenters. The molecule has 4 nitrogen and oxygen atoms in total. The molecule has 0 heterocycles. The molecule has 1 amide bonds. The molecule has 0 saturated carbocycles. The zero-order chi connectivity index (χ0) is 13.1. The van der Waals surface area contributed by atoms with Gasteiger partial charge < -0.3 is 14.7 Å². The van der Waals surface area contributed by atoms with Crippen LogP contribution in [0.3, 0.4) is 0 Å². The Balaban J connectivity index is 2.14. The van der Waals surface area contributed by atoms with E-state index in [4.69, 9.17) is 4.74 Å². The molecule has 1 aliphatic carbocycles. The molecule has 0 saturated heterocycles. The summed E-state index contributed by atoms with van der Waals surface area (Å²) in [6, 6.07) is 7.31. The Morgan fingerprint density at radius 3 is 3.00 bits per heavy atom. The number of likely N-dealkylation sites (N-methyl/N-ethyl adjacent to an activating group) is 1. The minimum absolute atomic E-state index is 0.402. The van der Waals surface area contributed by atoms with Gasteiger partial charge in [0.2, 0.25) is 0 Å². The van der Waals surface area contributed by atoms with E-state index in [1.165, 1.54) is 11.0 Å². The van der Waals surface area contributed by atoms with E-state index in [9.17, 15) is 9.90 Å². The monoisotopic (exact) mass is 245 g/mol. The number of nitrogens with zero attached hydrogens (tertiary/aromatic N) is 1. The van der Waals surface area contributed by atoms with Gasteiger partial charge in [0.15, 0.2) is 0 Å². The van der Waals surface area contributed by atoms with E-state index in [0.29, 0.717) is 12.3 Å². The van der Waals surface area contributed by atoms with Crippen molar-refractivity contribution in [2.45, 2.75) is 6.10 Å². The minimum atomic E-state index is -0.714. The smallest absolute Gasteiger partial charge is 0.410 e. The number of amides is 1. The molecule has 0 aromatic heterocycles. The number of rotatable bonds is 3. The zero-order valence-corrected chi connectivity index (χ0v) is 10.2. The second-order valence-corrected chi connectivity index (χ2v) is 4.10. The number of carbonyl (C=O) groups excluding carboxylic acids is 1. The highest BCUT2D eigenvalue weighted by atomic mass is 16.6. The van der Waals surface area contributed by atoms with Crippen LogP contribution in [0.1, 0.15) is 17.2 Å². The van der Waals surface area contributed by atoms with Crippen LogP contribution >= 0.6 is 0 Å². The second-order valence-electron chi connectivity index (χ2n) is 4.10. The molecule has 2 rings (SSSR count). The third-order valence-corrected chi connectivity index (χ3v) is 2.77. The van der Waals surface area contributed by atoms with Crippen molar-refractivity contribution in [2.75, 3.05) is 13.6 Å². The van der Waals surface area contributed by atoms with E-state index in [1.54, 1.807) is 13.1 Å². The molecule has 0 bridgehead atoms. The summed E-state index contributed by atoms with van der Waals surface area (Å²) in [6.45, 7) is 3.97. The van der Waals surface area contributed by atoms with Crippen molar-refractivity contribution in [3.63, 3.8) is 0 Å². The van der Waals surface area contributed by atoms with E-state index in [0.717, 1.165) is 11.1 Å². The molecule has 1 aromatic carbocycles. The van der Waals surface area contributed by atoms with Gasteiger partial charge in [-0.25, -0.2) is 4.79 Å². The van der Waals surface area contributed by atoms with Gasteiger partial charge in [-0.15, -0.1) is 6.58 Å². The Morgan fingerprint density at radius 2 is 2.28 bits per heavy atom. The Morgan fingerprint density at radius 1 is 1.56 bits per heavy atom. The first-order valence-corrected chi connectivity index (χ1v) is 5.66. The highest BCUT2D eigenvalue weighted by Crippen LogP contribution is 2.34. The van der Waals surface area contributed by atoms with Crippen molar-refractivity contribution in [1.82, 2.24) is 4.90 Å². The number of benzene rings is 1. The second kappa shape index (κ2) is 5.06. The van der Waals surface area contributed by atoms with E-state index < -0.39 is 12.2 Å². The Bertz CT molecular complexity index is 508. The van der Waals surface area contributed by atoms with Crippen molar-refractivity contribution >= 4 is 11.9 Å². The largest absolute Gasteiger partial charge is 0.415 e. The van der Waals surface area contributed by atoms with Crippen LogP contribution in [0.2, 0.25) is 0 Å². The van der Waals surface area contributed by atoms with Gasteiger partial charge in [0.25, 0.3) is 0 Å². The molecule has 1 aromatic rings. The maximum absolute atomic E-state index is 11.7. The molecule has 0 aliphatic heterocycles. The van der Waals surface area contributed by atoms with Crippen molar-refractivity contribution in [2.24, 2.45) is 0 Å². The van der Waals surface area contributed by atoms with Crippen LogP contribution in [0.25, 0.3) is 5.76 Å². The number of aliphatic hydroxyl groups is 1. The summed E-state index contributed by atoms with van der Waals surface area (Å²) in [5.74, 6) is 0.402. The lowest BCUT2D eigenvalue weighted by atomic mass is 10.1. The average Bonchev–Trinajstić information content (AvgIpc) is 2.67. The van der Waals surface area contributed by atoms with Crippen LogP contribution in [-0.2, 0) is 4.74 Å². The Hall–Kier alpha value is -2.07. The molecule has 1 N–H and O–H groups in total. The molecule has 4 heteroatoms. The molecular formula is C14H15NO3. The molecule has 0 spiro atoms. The number of carbonyl (C=O) groups is 1. The average molecular weight is 245 g/mol. The van der Waals surface area contributed by atoms with Crippen molar-refractivity contribution < 1.29 is 14.6 Å². The maximum atomic E-state index is 11.7. The zero-order valence-electron chi connectivity index (χ0n) is 10.2. The first-order valence-electron chi connectivity index (χ1n) is 5.66. The maximum Gasteiger partial charge on any atom is 0.415 e. The minimum Gasteiger partial charge on any atom is -0.410 e. The predicted molar refractivity (Wildman–Crippen MR) is 68.7 cm³/mol. The topological polar surface area (TPSA) is 49.8 Å². The Labute approximate surface area is 106 Å². The van der Waals surface area contributed by atoms with Crippen molar-refractivity contribution in [3.8, 4) is 0 Å². The fraction of sp³-hybridized carbons (Fsp3) is 0.214. The van der Waals surface area contributed by atoms with Gasteiger partial charge in [0.1, 0.15) is 11.9 Å². The Kier molecular flexibility index (Phi) is 3.48. The normalized spacial score (nSPS) is 16.8.